The van der Waals surface area contributed by atoms with Crippen LogP contribution >= 0.6 is 23.2 Å². The molecule has 5 atom stereocenters. The lowest BCUT2D eigenvalue weighted by molar-refractivity contribution is -0.216. The summed E-state index contributed by atoms with van der Waals surface area (Å²) in [4.78, 5) is 29.9. The second-order valence-electron chi connectivity index (χ2n) is 9.82. The number of methoxy groups -OCH3 is 1. The van der Waals surface area contributed by atoms with E-state index in [9.17, 15) is 19.8 Å². The Morgan fingerprint density at radius 3 is 2.36 bits per heavy atom. The Balaban J connectivity index is 1.71. The van der Waals surface area contributed by atoms with Crippen LogP contribution in [0, 0.1) is 0 Å². The molecule has 3 aromatic carbocycles. The molecule has 0 spiro atoms. The van der Waals surface area contributed by atoms with Gasteiger partial charge in [0.15, 0.2) is 6.23 Å². The number of imide groups is 1. The summed E-state index contributed by atoms with van der Waals surface area (Å²) in [6.07, 6.45) is -4.01. The summed E-state index contributed by atoms with van der Waals surface area (Å²) < 4.78 is 13.4. The number of halogens is 2. The number of aliphatic hydroxyl groups excluding tert-OH is 2. The van der Waals surface area contributed by atoms with Crippen molar-refractivity contribution in [3.63, 3.8) is 0 Å². The number of hydrogen-bond acceptors (Lipinski definition) is 7. The Morgan fingerprint density at radius 2 is 1.67 bits per heavy atom. The first-order valence-electron chi connectivity index (χ1n) is 12.2. The van der Waals surface area contributed by atoms with Crippen LogP contribution < -0.4 is 11.1 Å². The average molecular weight is 569 g/mol. The molecule has 0 saturated carbocycles. The molecule has 2 aliphatic heterocycles. The first-order chi connectivity index (χ1) is 18.8. The van der Waals surface area contributed by atoms with Crippen molar-refractivity contribution >= 4 is 78.6 Å². The van der Waals surface area contributed by atoms with Crippen LogP contribution in [0.4, 0.5) is 0 Å². The van der Waals surface area contributed by atoms with Gasteiger partial charge < -0.3 is 35.0 Å². The van der Waals surface area contributed by atoms with E-state index in [1.807, 2.05) is 6.07 Å². The Hall–Kier alpha value is -3.22. The third-order valence-corrected chi connectivity index (χ3v) is 8.49. The second kappa shape index (κ2) is 8.64. The van der Waals surface area contributed by atoms with Gasteiger partial charge in [0.2, 0.25) is 0 Å². The minimum atomic E-state index is -1.20. The van der Waals surface area contributed by atoms with Gasteiger partial charge in [0.25, 0.3) is 11.8 Å². The normalized spacial score (nSPS) is 25.3. The third kappa shape index (κ3) is 3.16. The lowest BCUT2D eigenvalue weighted by Crippen LogP contribution is -2.60. The standard InChI is InChI=1S/C27H22Cl2N4O6/c1-38-24-13(8-34)39-27(18(30)23(24)35)33-21-10(5-3-7-12(21)29)15-17-16(25(36)32-26(17)37)14-9-4-2-6-11(28)19(9)31-20(14)22(15)33/h2-7,13,18,23-24,27,31,34-35H,8,30H2,1H3,(H,32,36,37)/t13-,18-,23-,24-,27-/m1/s1. The molecule has 4 heterocycles. The minimum absolute atomic E-state index is 0.202. The van der Waals surface area contributed by atoms with Crippen molar-refractivity contribution in [1.82, 2.24) is 14.9 Å². The number of nitrogens with one attached hydrogen (secondary N) is 2. The third-order valence-electron chi connectivity index (χ3n) is 7.87. The average Bonchev–Trinajstić information content (AvgIpc) is 3.56. The van der Waals surface area contributed by atoms with Crippen LogP contribution in [0.2, 0.25) is 10.0 Å². The quantitative estimate of drug-likeness (QED) is 0.209. The molecule has 7 rings (SSSR count). The number of amides is 2. The molecule has 0 aliphatic carbocycles. The number of carbonyl (C=O) groups excluding carboxylic acids is 2. The number of aliphatic hydroxyl groups is 2. The number of carbonyl (C=O) groups is 2. The van der Waals surface area contributed by atoms with Crippen LogP contribution in [0.15, 0.2) is 36.4 Å². The predicted octanol–water partition coefficient (Wildman–Crippen LogP) is 3.21. The van der Waals surface area contributed by atoms with Gasteiger partial charge in [-0.05, 0) is 12.1 Å². The molecule has 2 amide bonds. The summed E-state index contributed by atoms with van der Waals surface area (Å²) in [5.41, 5.74) is 9.08. The predicted molar refractivity (Wildman–Crippen MR) is 146 cm³/mol. The first-order valence-corrected chi connectivity index (χ1v) is 13.0. The summed E-state index contributed by atoms with van der Waals surface area (Å²) in [6, 6.07) is 9.53. The SMILES string of the molecule is CO[C@H]1[C@H](O)[C@@H](N)[C@H](n2c3c(Cl)cccc3c3c4c(c5c6cccc(Cl)c6[nH]c5c32)C(=O)NC4=O)O[C@@H]1CO. The van der Waals surface area contributed by atoms with Gasteiger partial charge in [0.05, 0.1) is 55.9 Å². The molecular formula is C27H22Cl2N4O6. The lowest BCUT2D eigenvalue weighted by Gasteiger charge is -2.43. The smallest absolute Gasteiger partial charge is 0.259 e. The van der Waals surface area contributed by atoms with Crippen molar-refractivity contribution in [3.05, 3.63) is 57.6 Å². The molecule has 12 heteroatoms. The monoisotopic (exact) mass is 568 g/mol. The Labute approximate surface area is 230 Å². The summed E-state index contributed by atoms with van der Waals surface area (Å²) in [6.45, 7) is -0.437. The molecule has 0 unspecified atom stereocenters. The Kier molecular flexibility index (Phi) is 5.49. The molecular weight excluding hydrogens is 547 g/mol. The van der Waals surface area contributed by atoms with Crippen LogP contribution in [0.3, 0.4) is 0 Å². The maximum Gasteiger partial charge on any atom is 0.259 e. The fourth-order valence-corrected chi connectivity index (χ4v) is 6.74. The fraction of sp³-hybridized carbons (Fsp3) is 0.259. The topological polar surface area (TPSA) is 152 Å². The van der Waals surface area contributed by atoms with E-state index in [4.69, 9.17) is 38.4 Å². The van der Waals surface area contributed by atoms with Crippen LogP contribution in [-0.2, 0) is 9.47 Å². The molecule has 2 aliphatic rings. The van der Waals surface area contributed by atoms with Crippen LogP contribution in [-0.4, -0.2) is 69.6 Å². The first kappa shape index (κ1) is 24.8. The van der Waals surface area contributed by atoms with Gasteiger partial charge in [0, 0.05) is 28.7 Å². The molecule has 1 fully saturated rings. The number of hydrogen-bond donors (Lipinski definition) is 5. The highest BCUT2D eigenvalue weighted by Gasteiger charge is 2.46. The van der Waals surface area contributed by atoms with Gasteiger partial charge in [-0.1, -0.05) is 47.5 Å². The summed E-state index contributed by atoms with van der Waals surface area (Å²) in [7, 11) is 1.40. The highest BCUT2D eigenvalue weighted by atomic mass is 35.5. The summed E-state index contributed by atoms with van der Waals surface area (Å²) in [5, 5.41) is 26.6. The van der Waals surface area contributed by atoms with E-state index < -0.39 is 49.0 Å². The number of nitrogens with two attached hydrogens (primary N) is 1. The maximum absolute atomic E-state index is 13.3. The lowest BCUT2D eigenvalue weighted by atomic mass is 9.95. The van der Waals surface area contributed by atoms with E-state index in [2.05, 4.69) is 10.3 Å². The molecule has 1 saturated heterocycles. The van der Waals surface area contributed by atoms with E-state index in [0.717, 1.165) is 0 Å². The van der Waals surface area contributed by atoms with Crippen molar-refractivity contribution < 1.29 is 29.3 Å². The van der Waals surface area contributed by atoms with Crippen molar-refractivity contribution in [2.45, 2.75) is 30.6 Å². The second-order valence-corrected chi connectivity index (χ2v) is 10.6. The zero-order chi connectivity index (χ0) is 27.3. The van der Waals surface area contributed by atoms with E-state index >= 15 is 0 Å². The number of aromatic nitrogens is 2. The zero-order valence-electron chi connectivity index (χ0n) is 20.4. The highest BCUT2D eigenvalue weighted by Crippen LogP contribution is 2.47. The Morgan fingerprint density at radius 1 is 1.00 bits per heavy atom. The molecule has 6 N–H and O–H groups in total. The zero-order valence-corrected chi connectivity index (χ0v) is 21.9. The van der Waals surface area contributed by atoms with Gasteiger partial charge in [0.1, 0.15) is 18.3 Å². The van der Waals surface area contributed by atoms with Crippen LogP contribution in [0.5, 0.6) is 0 Å². The number of ether oxygens (including phenoxy) is 2. The van der Waals surface area contributed by atoms with E-state index in [0.29, 0.717) is 53.7 Å². The number of rotatable bonds is 3. The highest BCUT2D eigenvalue weighted by molar-refractivity contribution is 6.43. The van der Waals surface area contributed by atoms with E-state index in [1.165, 1.54) is 7.11 Å². The van der Waals surface area contributed by atoms with Crippen LogP contribution in [0.25, 0.3) is 43.6 Å². The number of benzene rings is 3. The molecule has 5 aromatic rings. The summed E-state index contributed by atoms with van der Waals surface area (Å²) >= 11 is 13.3. The van der Waals surface area contributed by atoms with Gasteiger partial charge in [-0.25, -0.2) is 0 Å². The fourth-order valence-electron chi connectivity index (χ4n) is 6.25. The largest absolute Gasteiger partial charge is 0.394 e. The number of fused-ring (bicyclic) bond motifs is 10. The van der Waals surface area contributed by atoms with Crippen molar-refractivity contribution in [2.24, 2.45) is 5.73 Å². The van der Waals surface area contributed by atoms with E-state index in [-0.39, 0.29) is 11.1 Å². The molecule has 39 heavy (non-hydrogen) atoms. The van der Waals surface area contributed by atoms with Gasteiger partial charge in [-0.3, -0.25) is 14.9 Å². The minimum Gasteiger partial charge on any atom is -0.394 e. The number of para-hydroxylation sites is 2. The van der Waals surface area contributed by atoms with Gasteiger partial charge in [-0.2, -0.15) is 0 Å². The van der Waals surface area contributed by atoms with Crippen LogP contribution in [0.1, 0.15) is 26.9 Å². The number of aromatic amines is 1. The van der Waals surface area contributed by atoms with E-state index in [1.54, 1.807) is 34.9 Å². The molecule has 0 bridgehead atoms. The molecule has 10 nitrogen and oxygen atoms in total. The molecule has 200 valence electrons. The molecule has 2 aromatic heterocycles. The number of H-pyrrole nitrogens is 1. The van der Waals surface area contributed by atoms with Crippen molar-refractivity contribution in [2.75, 3.05) is 13.7 Å². The van der Waals surface area contributed by atoms with Crippen molar-refractivity contribution in [3.8, 4) is 0 Å². The number of nitrogens with zero attached hydrogens (tertiary/aromatic N) is 1. The Bertz CT molecular complexity index is 1880. The maximum atomic E-state index is 13.3. The van der Waals surface area contributed by atoms with Gasteiger partial charge in [-0.15, -0.1) is 0 Å². The van der Waals surface area contributed by atoms with Crippen molar-refractivity contribution in [1.29, 1.82) is 0 Å². The molecule has 0 radical (unpaired) electrons. The van der Waals surface area contributed by atoms with Gasteiger partial charge >= 0.3 is 0 Å². The summed E-state index contributed by atoms with van der Waals surface area (Å²) in [5.74, 6) is -1.06.